The minimum atomic E-state index is -0.621. The van der Waals surface area contributed by atoms with Gasteiger partial charge < -0.3 is 9.47 Å². The van der Waals surface area contributed by atoms with Crippen LogP contribution in [-0.2, 0) is 14.3 Å². The van der Waals surface area contributed by atoms with Crippen LogP contribution in [0.15, 0.2) is 29.4 Å². The Morgan fingerprint density at radius 2 is 2.00 bits per heavy atom. The highest BCUT2D eigenvalue weighted by molar-refractivity contribution is 6.06. The second-order valence-corrected chi connectivity index (χ2v) is 6.09. The number of aliphatic imine (C=N–C) groups is 1. The van der Waals surface area contributed by atoms with E-state index < -0.39 is 10.8 Å². The molecule has 0 spiro atoms. The SMILES string of the molecule is C[C@@]12/C(=N\c3ccccn3)OC(=O)[C@]1(C)[C@H]1CC[C@H]2O1. The number of hydrogen-bond donors (Lipinski definition) is 0. The normalized spacial score (nSPS) is 43.9. The zero-order valence-corrected chi connectivity index (χ0v) is 11.5. The van der Waals surface area contributed by atoms with E-state index >= 15 is 0 Å². The number of carbonyl (C=O) groups excluding carboxylic acids is 1. The molecule has 104 valence electrons. The van der Waals surface area contributed by atoms with Gasteiger partial charge in [-0.15, -0.1) is 0 Å². The number of pyridine rings is 1. The zero-order valence-electron chi connectivity index (χ0n) is 11.5. The molecule has 2 bridgehead atoms. The van der Waals surface area contributed by atoms with Crippen LogP contribution in [0.5, 0.6) is 0 Å². The van der Waals surface area contributed by atoms with Crippen molar-refractivity contribution < 1.29 is 14.3 Å². The second-order valence-electron chi connectivity index (χ2n) is 6.09. The minimum Gasteiger partial charge on any atom is -0.410 e. The van der Waals surface area contributed by atoms with Crippen LogP contribution < -0.4 is 0 Å². The van der Waals surface area contributed by atoms with Crippen molar-refractivity contribution in [3.05, 3.63) is 24.4 Å². The zero-order chi connectivity index (χ0) is 14.0. The van der Waals surface area contributed by atoms with Gasteiger partial charge in [0.05, 0.1) is 17.6 Å². The maximum absolute atomic E-state index is 12.4. The van der Waals surface area contributed by atoms with E-state index in [1.807, 2.05) is 26.0 Å². The van der Waals surface area contributed by atoms with E-state index in [-0.39, 0.29) is 18.2 Å². The van der Waals surface area contributed by atoms with Gasteiger partial charge in [-0.25, -0.2) is 4.98 Å². The summed E-state index contributed by atoms with van der Waals surface area (Å²) < 4.78 is 11.5. The molecule has 0 N–H and O–H groups in total. The van der Waals surface area contributed by atoms with Gasteiger partial charge in [-0.05, 0) is 38.8 Å². The summed E-state index contributed by atoms with van der Waals surface area (Å²) in [5.41, 5.74) is -1.10. The highest BCUT2D eigenvalue weighted by Crippen LogP contribution is 2.64. The number of carbonyl (C=O) groups is 1. The van der Waals surface area contributed by atoms with Crippen molar-refractivity contribution in [1.29, 1.82) is 0 Å². The van der Waals surface area contributed by atoms with Crippen molar-refractivity contribution in [2.75, 3.05) is 0 Å². The molecule has 0 aliphatic carbocycles. The molecule has 0 saturated carbocycles. The van der Waals surface area contributed by atoms with Gasteiger partial charge in [-0.2, -0.15) is 4.99 Å². The summed E-state index contributed by atoms with van der Waals surface area (Å²) in [4.78, 5) is 21.0. The molecule has 1 aromatic heterocycles. The molecule has 4 heterocycles. The highest BCUT2D eigenvalue weighted by Gasteiger charge is 2.75. The first kappa shape index (κ1) is 12.0. The number of hydrogen-bond acceptors (Lipinski definition) is 5. The number of nitrogens with zero attached hydrogens (tertiary/aromatic N) is 2. The number of cyclic esters (lactones) is 1. The Kier molecular flexibility index (Phi) is 2.20. The van der Waals surface area contributed by atoms with Crippen molar-refractivity contribution in [1.82, 2.24) is 4.98 Å². The lowest BCUT2D eigenvalue weighted by atomic mass is 9.59. The fourth-order valence-electron chi connectivity index (χ4n) is 3.82. The summed E-state index contributed by atoms with van der Waals surface area (Å²) in [5.74, 6) is 0.793. The van der Waals surface area contributed by atoms with E-state index in [4.69, 9.17) is 9.47 Å². The molecule has 4 atom stereocenters. The fourth-order valence-corrected chi connectivity index (χ4v) is 3.82. The number of fused-ring (bicyclic) bond motifs is 5. The van der Waals surface area contributed by atoms with E-state index in [0.29, 0.717) is 11.7 Å². The standard InChI is InChI=1S/C15H16N2O3/c1-14-9-6-7-10(19-9)15(14,2)13(18)20-12(14)17-11-5-3-4-8-16-11/h3-5,8-10H,6-7H2,1-2H3/b17-12+/t9-,10-,14-,15+/m1/s1. The van der Waals surface area contributed by atoms with E-state index in [0.717, 1.165) is 12.8 Å². The van der Waals surface area contributed by atoms with Crippen LogP contribution in [0.4, 0.5) is 5.82 Å². The van der Waals surface area contributed by atoms with Crippen LogP contribution >= 0.6 is 0 Å². The maximum Gasteiger partial charge on any atom is 0.322 e. The van der Waals surface area contributed by atoms with Crippen LogP contribution in [0.25, 0.3) is 0 Å². The smallest absolute Gasteiger partial charge is 0.322 e. The minimum absolute atomic E-state index is 0.00594. The van der Waals surface area contributed by atoms with Gasteiger partial charge in [0.25, 0.3) is 0 Å². The lowest BCUT2D eigenvalue weighted by Gasteiger charge is -2.36. The van der Waals surface area contributed by atoms with Gasteiger partial charge in [0.15, 0.2) is 5.82 Å². The molecule has 4 rings (SSSR count). The van der Waals surface area contributed by atoms with Crippen molar-refractivity contribution in [2.24, 2.45) is 15.8 Å². The Morgan fingerprint density at radius 1 is 1.25 bits per heavy atom. The fraction of sp³-hybridized carbons (Fsp3) is 0.533. The summed E-state index contributed by atoms with van der Waals surface area (Å²) in [7, 11) is 0. The van der Waals surface area contributed by atoms with E-state index in [2.05, 4.69) is 9.98 Å². The third-order valence-electron chi connectivity index (χ3n) is 5.31. The third-order valence-corrected chi connectivity index (χ3v) is 5.31. The number of rotatable bonds is 1. The topological polar surface area (TPSA) is 60.8 Å². The molecular formula is C15H16N2O3. The highest BCUT2D eigenvalue weighted by atomic mass is 16.6. The Morgan fingerprint density at radius 3 is 2.70 bits per heavy atom. The lowest BCUT2D eigenvalue weighted by Crippen LogP contribution is -2.48. The predicted molar refractivity (Wildman–Crippen MR) is 71.5 cm³/mol. The van der Waals surface area contributed by atoms with Gasteiger partial charge in [0.1, 0.15) is 5.41 Å². The molecule has 5 heteroatoms. The quantitative estimate of drug-likeness (QED) is 0.736. The van der Waals surface area contributed by atoms with Gasteiger partial charge in [0, 0.05) is 6.20 Å². The summed E-state index contributed by atoms with van der Waals surface area (Å²) in [6, 6.07) is 5.49. The first-order valence-electron chi connectivity index (χ1n) is 6.95. The summed E-state index contributed by atoms with van der Waals surface area (Å²) in [5, 5.41) is 0. The van der Waals surface area contributed by atoms with Crippen molar-refractivity contribution in [2.45, 2.75) is 38.9 Å². The van der Waals surface area contributed by atoms with Gasteiger partial charge in [-0.3, -0.25) is 4.79 Å². The van der Waals surface area contributed by atoms with E-state index in [1.165, 1.54) is 0 Å². The number of esters is 1. The molecule has 3 fully saturated rings. The number of ether oxygens (including phenoxy) is 2. The van der Waals surface area contributed by atoms with E-state index in [9.17, 15) is 4.79 Å². The first-order valence-corrected chi connectivity index (χ1v) is 6.95. The molecule has 0 aromatic carbocycles. The monoisotopic (exact) mass is 272 g/mol. The Bertz CT molecular complexity index is 615. The Balaban J connectivity index is 1.84. The van der Waals surface area contributed by atoms with Gasteiger partial charge >= 0.3 is 5.97 Å². The van der Waals surface area contributed by atoms with Crippen molar-refractivity contribution in [3.8, 4) is 0 Å². The molecule has 1 aromatic rings. The summed E-state index contributed by atoms with van der Waals surface area (Å²) >= 11 is 0. The molecule has 0 radical (unpaired) electrons. The van der Waals surface area contributed by atoms with Crippen LogP contribution in [-0.4, -0.2) is 29.1 Å². The summed E-state index contributed by atoms with van der Waals surface area (Å²) in [6.45, 7) is 3.98. The van der Waals surface area contributed by atoms with Crippen LogP contribution in [0.3, 0.4) is 0 Å². The molecule has 5 nitrogen and oxygen atoms in total. The molecule has 3 aliphatic rings. The largest absolute Gasteiger partial charge is 0.410 e. The van der Waals surface area contributed by atoms with Crippen LogP contribution in [0.2, 0.25) is 0 Å². The molecule has 0 unspecified atom stereocenters. The van der Waals surface area contributed by atoms with Gasteiger partial charge in [-0.1, -0.05) is 6.07 Å². The molecular weight excluding hydrogens is 256 g/mol. The van der Waals surface area contributed by atoms with Crippen LogP contribution in [0.1, 0.15) is 26.7 Å². The van der Waals surface area contributed by atoms with Crippen molar-refractivity contribution in [3.63, 3.8) is 0 Å². The van der Waals surface area contributed by atoms with Crippen LogP contribution in [0, 0.1) is 10.8 Å². The first-order chi connectivity index (χ1) is 9.56. The molecule has 20 heavy (non-hydrogen) atoms. The Labute approximate surface area is 117 Å². The molecule has 3 aliphatic heterocycles. The van der Waals surface area contributed by atoms with E-state index in [1.54, 1.807) is 12.3 Å². The Hall–Kier alpha value is -1.75. The number of aromatic nitrogens is 1. The molecule has 3 saturated heterocycles. The summed E-state index contributed by atoms with van der Waals surface area (Å²) in [6.07, 6.45) is 3.50. The lowest BCUT2D eigenvalue weighted by molar-refractivity contribution is -0.146. The maximum atomic E-state index is 12.4. The molecule has 0 amide bonds. The average molecular weight is 272 g/mol. The average Bonchev–Trinajstić information content (AvgIpc) is 3.07. The van der Waals surface area contributed by atoms with Crippen molar-refractivity contribution >= 4 is 17.7 Å². The van der Waals surface area contributed by atoms with Gasteiger partial charge in [0.2, 0.25) is 5.90 Å². The second kappa shape index (κ2) is 3.67. The predicted octanol–water partition coefficient (Wildman–Crippen LogP) is 2.24. The third kappa shape index (κ3) is 1.19.